The van der Waals surface area contributed by atoms with Crippen molar-refractivity contribution in [1.29, 1.82) is 0 Å². The van der Waals surface area contributed by atoms with Crippen molar-refractivity contribution in [3.8, 4) is 0 Å². The van der Waals surface area contributed by atoms with E-state index in [1.165, 1.54) is 19.1 Å². The molecule has 5 nitrogen and oxygen atoms in total. The van der Waals surface area contributed by atoms with Gasteiger partial charge in [0.15, 0.2) is 5.60 Å². The molecule has 0 aromatic heterocycles. The Kier molecular flexibility index (Phi) is 4.45. The van der Waals surface area contributed by atoms with Crippen LogP contribution in [0.4, 0.5) is 0 Å². The van der Waals surface area contributed by atoms with Gasteiger partial charge >= 0.3 is 0 Å². The van der Waals surface area contributed by atoms with E-state index in [2.05, 4.69) is 5.32 Å². The average molecular weight is 378 g/mol. The molecule has 128 valence electrons. The number of aliphatic hydroxyl groups excluding tert-OH is 1. The molecule has 1 aliphatic rings. The van der Waals surface area contributed by atoms with Crippen molar-refractivity contribution >= 4 is 34.9 Å². The second-order valence-electron chi connectivity index (χ2n) is 5.59. The Labute approximate surface area is 153 Å². The maximum atomic E-state index is 12.5. The van der Waals surface area contributed by atoms with E-state index in [9.17, 15) is 14.7 Å². The van der Waals surface area contributed by atoms with Gasteiger partial charge in [-0.05, 0) is 31.2 Å². The van der Waals surface area contributed by atoms with Gasteiger partial charge in [-0.2, -0.15) is 0 Å². The molecule has 7 heteroatoms. The van der Waals surface area contributed by atoms with Crippen molar-refractivity contribution < 1.29 is 19.4 Å². The Bertz CT molecular complexity index is 895. The summed E-state index contributed by atoms with van der Waals surface area (Å²) < 4.78 is 5.59. The first kappa shape index (κ1) is 17.3. The lowest BCUT2D eigenvalue weighted by molar-refractivity contribution is -0.131. The molecule has 3 rings (SSSR count). The van der Waals surface area contributed by atoms with Crippen molar-refractivity contribution in [2.75, 3.05) is 0 Å². The van der Waals surface area contributed by atoms with Gasteiger partial charge in [0, 0.05) is 11.1 Å². The van der Waals surface area contributed by atoms with E-state index < -0.39 is 23.1 Å². The van der Waals surface area contributed by atoms with Crippen LogP contribution in [0.2, 0.25) is 10.0 Å². The van der Waals surface area contributed by atoms with Crippen molar-refractivity contribution in [3.63, 3.8) is 0 Å². The van der Waals surface area contributed by atoms with E-state index in [4.69, 9.17) is 27.9 Å². The summed E-state index contributed by atoms with van der Waals surface area (Å²) in [6.45, 7) is 1.48. The van der Waals surface area contributed by atoms with Gasteiger partial charge in [-0.1, -0.05) is 47.5 Å². The first-order valence-corrected chi connectivity index (χ1v) is 8.07. The summed E-state index contributed by atoms with van der Waals surface area (Å²) in [5.41, 5.74) is -0.748. The molecule has 0 saturated carbocycles. The second-order valence-corrected chi connectivity index (χ2v) is 6.41. The van der Waals surface area contributed by atoms with E-state index >= 15 is 0 Å². The third-order valence-electron chi connectivity index (χ3n) is 3.90. The van der Waals surface area contributed by atoms with E-state index in [-0.39, 0.29) is 10.9 Å². The maximum absolute atomic E-state index is 12.5. The predicted octanol–water partition coefficient (Wildman–Crippen LogP) is 3.97. The molecule has 0 aliphatic carbocycles. The number of carbonyl (C=O) groups excluding carboxylic acids is 2. The molecule has 0 fully saturated rings. The van der Waals surface area contributed by atoms with Crippen LogP contribution in [-0.2, 0) is 15.1 Å². The monoisotopic (exact) mass is 377 g/mol. The highest BCUT2D eigenvalue weighted by atomic mass is 35.5. The van der Waals surface area contributed by atoms with Gasteiger partial charge in [0.1, 0.15) is 0 Å². The summed E-state index contributed by atoms with van der Waals surface area (Å²) >= 11 is 11.9. The van der Waals surface area contributed by atoms with Gasteiger partial charge in [0.25, 0.3) is 11.7 Å². The third kappa shape index (κ3) is 3.08. The van der Waals surface area contributed by atoms with Crippen molar-refractivity contribution in [2.24, 2.45) is 0 Å². The number of halogens is 2. The topological polar surface area (TPSA) is 75.6 Å². The number of hydrogen-bond donors (Lipinski definition) is 2. The lowest BCUT2D eigenvalue weighted by Gasteiger charge is -2.24. The number of ketones is 1. The summed E-state index contributed by atoms with van der Waals surface area (Å²) in [5, 5.41) is 13.1. The first-order valence-electron chi connectivity index (χ1n) is 7.32. The Morgan fingerprint density at radius 1 is 1.12 bits per heavy atom. The molecule has 0 saturated heterocycles. The van der Waals surface area contributed by atoms with Gasteiger partial charge in [-0.3, -0.25) is 14.9 Å². The largest absolute Gasteiger partial charge is 0.501 e. The lowest BCUT2D eigenvalue weighted by atomic mass is 9.92. The van der Waals surface area contributed by atoms with Gasteiger partial charge in [-0.25, -0.2) is 0 Å². The smallest absolute Gasteiger partial charge is 0.258 e. The van der Waals surface area contributed by atoms with Crippen LogP contribution in [0.3, 0.4) is 0 Å². The third-order valence-corrected chi connectivity index (χ3v) is 4.64. The fourth-order valence-electron chi connectivity index (χ4n) is 2.46. The lowest BCUT2D eigenvalue weighted by Crippen LogP contribution is -2.32. The number of carbonyl (C=O) groups is 2. The predicted molar refractivity (Wildman–Crippen MR) is 93.5 cm³/mol. The SMILES string of the molecule is CC1(c2ccc(Cl)c(Cl)c2)OC(NC(=O)c2ccccc2)=C(O)C1=O. The summed E-state index contributed by atoms with van der Waals surface area (Å²) in [5.74, 6) is -2.15. The molecule has 2 aromatic rings. The van der Waals surface area contributed by atoms with Gasteiger partial charge < -0.3 is 9.84 Å². The highest BCUT2D eigenvalue weighted by Gasteiger charge is 2.48. The van der Waals surface area contributed by atoms with E-state index in [0.29, 0.717) is 16.1 Å². The molecule has 2 N–H and O–H groups in total. The molecule has 1 unspecified atom stereocenters. The Morgan fingerprint density at radius 3 is 2.44 bits per heavy atom. The summed E-state index contributed by atoms with van der Waals surface area (Å²) in [4.78, 5) is 24.7. The van der Waals surface area contributed by atoms with Crippen LogP contribution in [0.15, 0.2) is 60.2 Å². The Morgan fingerprint density at radius 2 is 1.80 bits per heavy atom. The zero-order valence-corrected chi connectivity index (χ0v) is 14.6. The highest BCUT2D eigenvalue weighted by molar-refractivity contribution is 6.42. The Balaban J connectivity index is 1.87. The van der Waals surface area contributed by atoms with Crippen LogP contribution in [0.1, 0.15) is 22.8 Å². The number of amides is 1. The maximum Gasteiger partial charge on any atom is 0.258 e. The van der Waals surface area contributed by atoms with Crippen molar-refractivity contribution in [2.45, 2.75) is 12.5 Å². The minimum atomic E-state index is -1.52. The molecule has 1 aliphatic heterocycles. The molecule has 0 spiro atoms. The fourth-order valence-corrected chi connectivity index (χ4v) is 2.76. The molecule has 2 aromatic carbocycles. The van der Waals surface area contributed by atoms with E-state index in [1.807, 2.05) is 0 Å². The normalized spacial score (nSPS) is 19.7. The van der Waals surface area contributed by atoms with Gasteiger partial charge in [-0.15, -0.1) is 0 Å². The number of rotatable bonds is 3. The highest BCUT2D eigenvalue weighted by Crippen LogP contribution is 2.39. The second kappa shape index (κ2) is 6.43. The number of benzene rings is 2. The standard InChI is InChI=1S/C18H13Cl2NO4/c1-18(11-7-8-12(19)13(20)9-11)15(23)14(22)17(25-18)21-16(24)10-5-3-2-4-6-10/h2-9,22H,1H3,(H,21,24). The van der Waals surface area contributed by atoms with Gasteiger partial charge in [0.2, 0.25) is 11.6 Å². The molecule has 1 amide bonds. The zero-order valence-electron chi connectivity index (χ0n) is 13.0. The first-order chi connectivity index (χ1) is 11.8. The number of Topliss-reactive ketones (excluding diaryl/α,β-unsaturated/α-hetero) is 1. The summed E-state index contributed by atoms with van der Waals surface area (Å²) in [7, 11) is 0. The van der Waals surface area contributed by atoms with Crippen molar-refractivity contribution in [1.82, 2.24) is 5.32 Å². The molecule has 0 bridgehead atoms. The molecule has 0 radical (unpaired) electrons. The number of hydrogen-bond acceptors (Lipinski definition) is 4. The minimum Gasteiger partial charge on any atom is -0.501 e. The molecule has 1 atom stereocenters. The minimum absolute atomic E-state index is 0.248. The van der Waals surface area contributed by atoms with E-state index in [1.54, 1.807) is 36.4 Å². The summed E-state index contributed by atoms with van der Waals surface area (Å²) in [6.07, 6.45) is 0. The summed E-state index contributed by atoms with van der Waals surface area (Å²) in [6, 6.07) is 12.9. The van der Waals surface area contributed by atoms with Crippen LogP contribution in [-0.4, -0.2) is 16.8 Å². The van der Waals surface area contributed by atoms with Gasteiger partial charge in [0.05, 0.1) is 10.0 Å². The fraction of sp³-hybridized carbons (Fsp3) is 0.111. The molecular weight excluding hydrogens is 365 g/mol. The van der Waals surface area contributed by atoms with Crippen LogP contribution in [0, 0.1) is 0 Å². The number of nitrogens with one attached hydrogen (secondary N) is 1. The number of aliphatic hydroxyl groups is 1. The van der Waals surface area contributed by atoms with Crippen LogP contribution >= 0.6 is 23.2 Å². The zero-order chi connectivity index (χ0) is 18.2. The van der Waals surface area contributed by atoms with Crippen molar-refractivity contribution in [3.05, 3.63) is 81.3 Å². The van der Waals surface area contributed by atoms with Crippen LogP contribution in [0.5, 0.6) is 0 Å². The van der Waals surface area contributed by atoms with E-state index in [0.717, 1.165) is 0 Å². The molecule has 1 heterocycles. The number of ether oxygens (including phenoxy) is 1. The van der Waals surface area contributed by atoms with Crippen LogP contribution in [0.25, 0.3) is 0 Å². The quantitative estimate of drug-likeness (QED) is 0.848. The Hall–Kier alpha value is -2.50. The average Bonchev–Trinajstić information content (AvgIpc) is 2.83. The molecular formula is C18H13Cl2NO4. The van der Waals surface area contributed by atoms with Crippen LogP contribution < -0.4 is 5.32 Å². The molecule has 25 heavy (non-hydrogen) atoms.